The first kappa shape index (κ1) is 9.58. The highest BCUT2D eigenvalue weighted by Crippen LogP contribution is 2.30. The van der Waals surface area contributed by atoms with Crippen molar-refractivity contribution in [2.24, 2.45) is 0 Å². The molecule has 0 aliphatic carbocycles. The number of nitrogen functional groups attached to an aromatic ring is 1. The Morgan fingerprint density at radius 1 is 1.27 bits per heavy atom. The van der Waals surface area contributed by atoms with Gasteiger partial charge in [0, 0.05) is 11.6 Å². The molecule has 1 aromatic heterocycles. The molecule has 78 valence electrons. The van der Waals surface area contributed by atoms with Crippen LogP contribution in [0, 0.1) is 13.8 Å². The van der Waals surface area contributed by atoms with E-state index in [1.165, 1.54) is 0 Å². The van der Waals surface area contributed by atoms with Gasteiger partial charge in [-0.1, -0.05) is 5.16 Å². The molecule has 0 saturated carbocycles. The summed E-state index contributed by atoms with van der Waals surface area (Å²) in [5.41, 5.74) is 8.88. The summed E-state index contributed by atoms with van der Waals surface area (Å²) in [5, 5.41) is 13.3. The number of aromatic hydroxyl groups is 1. The number of rotatable bonds is 1. The Hall–Kier alpha value is -1.97. The van der Waals surface area contributed by atoms with Crippen LogP contribution >= 0.6 is 0 Å². The lowest BCUT2D eigenvalue weighted by molar-refractivity contribution is 0.439. The summed E-state index contributed by atoms with van der Waals surface area (Å²) in [6.07, 6.45) is 0. The summed E-state index contributed by atoms with van der Waals surface area (Å²) < 4.78 is 4.81. The van der Waals surface area contributed by atoms with Gasteiger partial charge in [0.15, 0.2) is 0 Å². The molecule has 0 saturated heterocycles. The van der Waals surface area contributed by atoms with Gasteiger partial charge in [-0.15, -0.1) is 0 Å². The fraction of sp³-hybridized carbons (Fsp3) is 0.182. The maximum Gasteiger partial charge on any atom is 0.222 e. The predicted octanol–water partition coefficient (Wildman–Crippen LogP) is 2.25. The minimum absolute atomic E-state index is 0.285. The lowest BCUT2D eigenvalue weighted by Crippen LogP contribution is -1.87. The molecule has 0 fully saturated rings. The Balaban J connectivity index is 2.59. The van der Waals surface area contributed by atoms with Crippen molar-refractivity contribution in [3.05, 3.63) is 29.3 Å². The van der Waals surface area contributed by atoms with E-state index in [9.17, 15) is 5.11 Å². The van der Waals surface area contributed by atoms with E-state index in [0.29, 0.717) is 5.69 Å². The van der Waals surface area contributed by atoms with Crippen LogP contribution < -0.4 is 5.73 Å². The van der Waals surface area contributed by atoms with Crippen LogP contribution in [0.2, 0.25) is 0 Å². The van der Waals surface area contributed by atoms with Crippen molar-refractivity contribution in [2.75, 3.05) is 5.73 Å². The van der Waals surface area contributed by atoms with Crippen molar-refractivity contribution < 1.29 is 9.63 Å². The van der Waals surface area contributed by atoms with Gasteiger partial charge in [0.05, 0.1) is 0 Å². The van der Waals surface area contributed by atoms with Crippen molar-refractivity contribution in [3.63, 3.8) is 0 Å². The minimum Gasteiger partial charge on any atom is -0.508 e. The molecule has 15 heavy (non-hydrogen) atoms. The van der Waals surface area contributed by atoms with E-state index in [4.69, 9.17) is 10.3 Å². The van der Waals surface area contributed by atoms with E-state index in [-0.39, 0.29) is 11.6 Å². The minimum atomic E-state index is 0.285. The Morgan fingerprint density at radius 2 is 2.00 bits per heavy atom. The maximum atomic E-state index is 9.51. The lowest BCUT2D eigenvalue weighted by atomic mass is 10.0. The van der Waals surface area contributed by atoms with Gasteiger partial charge < -0.3 is 15.4 Å². The molecule has 0 amide bonds. The number of hydrogen-bond acceptors (Lipinski definition) is 4. The molecule has 0 aliphatic heterocycles. The van der Waals surface area contributed by atoms with E-state index in [1.807, 2.05) is 13.8 Å². The number of hydrogen-bond donors (Lipinski definition) is 2. The average molecular weight is 204 g/mol. The second kappa shape index (κ2) is 3.31. The van der Waals surface area contributed by atoms with Crippen molar-refractivity contribution in [1.82, 2.24) is 5.16 Å². The number of benzene rings is 1. The normalized spacial score (nSPS) is 10.5. The summed E-state index contributed by atoms with van der Waals surface area (Å²) in [6.45, 7) is 3.78. The largest absolute Gasteiger partial charge is 0.508 e. The number of nitrogens with two attached hydrogens (primary N) is 1. The number of phenolic OH excluding ortho intramolecular Hbond substituents is 1. The lowest BCUT2D eigenvalue weighted by Gasteiger charge is -2.07. The molecule has 0 unspecified atom stereocenters. The number of phenols is 1. The first-order valence-corrected chi connectivity index (χ1v) is 4.61. The molecule has 4 heteroatoms. The number of aromatic nitrogens is 1. The van der Waals surface area contributed by atoms with Crippen molar-refractivity contribution in [1.29, 1.82) is 0 Å². The van der Waals surface area contributed by atoms with Gasteiger partial charge in [-0.05, 0) is 37.1 Å². The van der Waals surface area contributed by atoms with Crippen molar-refractivity contribution in [2.45, 2.75) is 13.8 Å². The standard InChI is InChI=1S/C11H12N2O2/c1-6-7(2)10(14)4-3-8(6)9-5-11(12)15-13-9/h3-5,14H,12H2,1-2H3. The maximum absolute atomic E-state index is 9.51. The fourth-order valence-electron chi connectivity index (χ4n) is 1.50. The molecule has 0 radical (unpaired) electrons. The average Bonchev–Trinajstić information content (AvgIpc) is 2.61. The van der Waals surface area contributed by atoms with Crippen molar-refractivity contribution >= 4 is 5.88 Å². The molecule has 2 aromatic rings. The van der Waals surface area contributed by atoms with Gasteiger partial charge in [0.2, 0.25) is 5.88 Å². The first-order valence-electron chi connectivity index (χ1n) is 4.61. The Morgan fingerprint density at radius 3 is 2.60 bits per heavy atom. The zero-order chi connectivity index (χ0) is 11.0. The van der Waals surface area contributed by atoms with E-state index < -0.39 is 0 Å². The highest BCUT2D eigenvalue weighted by Gasteiger charge is 2.10. The van der Waals surface area contributed by atoms with Gasteiger partial charge in [0.1, 0.15) is 11.4 Å². The topological polar surface area (TPSA) is 72.3 Å². The van der Waals surface area contributed by atoms with Gasteiger partial charge in [-0.3, -0.25) is 0 Å². The molecule has 0 atom stereocenters. The second-order valence-electron chi connectivity index (χ2n) is 3.50. The summed E-state index contributed by atoms with van der Waals surface area (Å²) in [4.78, 5) is 0. The van der Waals surface area contributed by atoms with Crippen LogP contribution in [0.5, 0.6) is 5.75 Å². The third-order valence-electron chi connectivity index (χ3n) is 2.56. The third kappa shape index (κ3) is 1.54. The molecule has 1 heterocycles. The van der Waals surface area contributed by atoms with Gasteiger partial charge >= 0.3 is 0 Å². The third-order valence-corrected chi connectivity index (χ3v) is 2.56. The summed E-state index contributed by atoms with van der Waals surface area (Å²) in [7, 11) is 0. The van der Waals surface area contributed by atoms with Crippen LogP contribution in [0.1, 0.15) is 11.1 Å². The van der Waals surface area contributed by atoms with E-state index in [1.54, 1.807) is 18.2 Å². The Bertz CT molecular complexity index is 503. The smallest absolute Gasteiger partial charge is 0.222 e. The number of nitrogens with zero attached hydrogens (tertiary/aromatic N) is 1. The van der Waals surface area contributed by atoms with Gasteiger partial charge in [-0.2, -0.15) is 0 Å². The van der Waals surface area contributed by atoms with E-state index in [0.717, 1.165) is 16.7 Å². The Kier molecular flexibility index (Phi) is 2.11. The molecular weight excluding hydrogens is 192 g/mol. The van der Waals surface area contributed by atoms with Crippen LogP contribution in [0.15, 0.2) is 22.7 Å². The predicted molar refractivity (Wildman–Crippen MR) is 57.5 cm³/mol. The first-order chi connectivity index (χ1) is 7.09. The molecule has 2 rings (SSSR count). The zero-order valence-electron chi connectivity index (χ0n) is 8.61. The van der Waals surface area contributed by atoms with Crippen LogP contribution in [-0.4, -0.2) is 10.3 Å². The molecule has 3 N–H and O–H groups in total. The van der Waals surface area contributed by atoms with E-state index in [2.05, 4.69) is 5.16 Å². The van der Waals surface area contributed by atoms with Gasteiger partial charge in [-0.25, -0.2) is 0 Å². The van der Waals surface area contributed by atoms with E-state index >= 15 is 0 Å². The van der Waals surface area contributed by atoms with Gasteiger partial charge in [0.25, 0.3) is 0 Å². The fourth-order valence-corrected chi connectivity index (χ4v) is 1.50. The van der Waals surface area contributed by atoms with Crippen LogP contribution in [0.4, 0.5) is 5.88 Å². The molecular formula is C11H12N2O2. The highest BCUT2D eigenvalue weighted by molar-refractivity contribution is 5.68. The summed E-state index contributed by atoms with van der Waals surface area (Å²) >= 11 is 0. The second-order valence-corrected chi connectivity index (χ2v) is 3.50. The Labute approximate surface area is 87.3 Å². The zero-order valence-corrected chi connectivity index (χ0v) is 8.61. The van der Waals surface area contributed by atoms with Crippen LogP contribution in [0.3, 0.4) is 0 Å². The molecule has 0 bridgehead atoms. The molecule has 4 nitrogen and oxygen atoms in total. The quantitative estimate of drug-likeness (QED) is 0.747. The molecule has 0 aliphatic rings. The summed E-state index contributed by atoms with van der Waals surface area (Å²) in [6, 6.07) is 5.11. The molecule has 1 aromatic carbocycles. The van der Waals surface area contributed by atoms with Crippen LogP contribution in [-0.2, 0) is 0 Å². The van der Waals surface area contributed by atoms with Crippen molar-refractivity contribution in [3.8, 4) is 17.0 Å². The number of anilines is 1. The van der Waals surface area contributed by atoms with Crippen LogP contribution in [0.25, 0.3) is 11.3 Å². The highest BCUT2D eigenvalue weighted by atomic mass is 16.5. The SMILES string of the molecule is Cc1c(O)ccc(-c2cc(N)on2)c1C. The monoisotopic (exact) mass is 204 g/mol. The molecule has 0 spiro atoms. The summed E-state index contributed by atoms with van der Waals surface area (Å²) in [5.74, 6) is 0.572.